The predicted molar refractivity (Wildman–Crippen MR) is 132 cm³/mol. The quantitative estimate of drug-likeness (QED) is 0.240. The molecule has 0 N–H and O–H groups in total. The summed E-state index contributed by atoms with van der Waals surface area (Å²) in [5.41, 5.74) is 5.89. The maximum Gasteiger partial charge on any atom is 0.416 e. The van der Waals surface area contributed by atoms with Gasteiger partial charge in [-0.15, -0.1) is 0 Å². The maximum absolute atomic E-state index is 13.4. The summed E-state index contributed by atoms with van der Waals surface area (Å²) in [6.45, 7) is 5.72. The lowest BCUT2D eigenvalue weighted by Gasteiger charge is -2.13. The second kappa shape index (κ2) is 7.77. The lowest BCUT2D eigenvalue weighted by Crippen LogP contribution is -2.07. The van der Waals surface area contributed by atoms with E-state index in [1.807, 2.05) is 18.2 Å². The summed E-state index contributed by atoms with van der Waals surface area (Å²) in [6.07, 6.45) is -4.36. The Morgan fingerprint density at radius 3 is 1.39 bits per heavy atom. The van der Waals surface area contributed by atoms with E-state index >= 15 is 0 Å². The normalized spacial score (nSPS) is 11.9. The van der Waals surface area contributed by atoms with Gasteiger partial charge in [0.15, 0.2) is 0 Å². The van der Waals surface area contributed by atoms with Crippen molar-refractivity contribution in [2.45, 2.75) is 26.9 Å². The molecule has 0 fully saturated rings. The smallest absolute Gasteiger partial charge is 0.166 e. The van der Waals surface area contributed by atoms with Crippen LogP contribution in [-0.2, 0) is 6.18 Å². The molecule has 3 heteroatoms. The summed E-state index contributed by atoms with van der Waals surface area (Å²) in [7, 11) is 0. The van der Waals surface area contributed by atoms with E-state index in [0.29, 0.717) is 5.56 Å². The van der Waals surface area contributed by atoms with Crippen molar-refractivity contribution in [1.29, 1.82) is 0 Å². The van der Waals surface area contributed by atoms with Crippen LogP contribution in [0, 0.1) is 20.8 Å². The molecule has 0 aliphatic rings. The Bertz CT molecular complexity index is 1520. The van der Waals surface area contributed by atoms with Gasteiger partial charge in [-0.1, -0.05) is 54.6 Å². The van der Waals surface area contributed by atoms with Crippen molar-refractivity contribution >= 4 is 21.5 Å². The molecule has 0 spiro atoms. The van der Waals surface area contributed by atoms with Crippen molar-refractivity contribution in [3.63, 3.8) is 0 Å². The molecular formula is C30H23F3. The SMILES string of the molecule is Cc1ccc(-c2ccc3cc4cc(-c5ccc(C)c(C(F)(F)F)c5)ccc4cc3c2)cc1C. The molecule has 164 valence electrons. The fraction of sp³-hybridized carbons (Fsp3) is 0.133. The lowest BCUT2D eigenvalue weighted by atomic mass is 9.94. The number of fused-ring (bicyclic) bond motifs is 2. The van der Waals surface area contributed by atoms with Gasteiger partial charge < -0.3 is 0 Å². The minimum Gasteiger partial charge on any atom is -0.166 e. The largest absolute Gasteiger partial charge is 0.416 e. The first-order chi connectivity index (χ1) is 15.7. The molecule has 0 unspecified atom stereocenters. The van der Waals surface area contributed by atoms with Crippen LogP contribution in [0.2, 0.25) is 0 Å². The lowest BCUT2D eigenvalue weighted by molar-refractivity contribution is -0.138. The molecule has 0 saturated heterocycles. The second-order valence-electron chi connectivity index (χ2n) is 8.80. The van der Waals surface area contributed by atoms with Crippen molar-refractivity contribution in [1.82, 2.24) is 0 Å². The summed E-state index contributed by atoms with van der Waals surface area (Å²) in [6, 6.07) is 27.6. The van der Waals surface area contributed by atoms with E-state index in [9.17, 15) is 13.2 Å². The first kappa shape index (κ1) is 21.3. The van der Waals surface area contributed by atoms with Crippen LogP contribution in [0.5, 0.6) is 0 Å². The highest BCUT2D eigenvalue weighted by Gasteiger charge is 2.32. The van der Waals surface area contributed by atoms with Gasteiger partial charge in [-0.3, -0.25) is 0 Å². The number of halogens is 3. The van der Waals surface area contributed by atoms with E-state index in [1.165, 1.54) is 41.3 Å². The molecule has 0 aromatic heterocycles. The van der Waals surface area contributed by atoms with Crippen LogP contribution in [0.3, 0.4) is 0 Å². The second-order valence-corrected chi connectivity index (χ2v) is 8.80. The van der Waals surface area contributed by atoms with Crippen molar-refractivity contribution in [2.75, 3.05) is 0 Å². The zero-order valence-corrected chi connectivity index (χ0v) is 18.7. The average molecular weight is 441 g/mol. The highest BCUT2D eigenvalue weighted by Crippen LogP contribution is 2.36. The van der Waals surface area contributed by atoms with Gasteiger partial charge in [-0.2, -0.15) is 13.2 Å². The molecule has 0 amide bonds. The highest BCUT2D eigenvalue weighted by atomic mass is 19.4. The number of aryl methyl sites for hydroxylation is 3. The molecule has 0 nitrogen and oxygen atoms in total. The van der Waals surface area contributed by atoms with Gasteiger partial charge in [-0.25, -0.2) is 0 Å². The van der Waals surface area contributed by atoms with Crippen molar-refractivity contribution in [2.24, 2.45) is 0 Å². The van der Waals surface area contributed by atoms with Gasteiger partial charge in [0.2, 0.25) is 0 Å². The molecule has 0 aliphatic heterocycles. The molecule has 5 aromatic rings. The first-order valence-corrected chi connectivity index (χ1v) is 10.9. The van der Waals surface area contributed by atoms with Crippen molar-refractivity contribution in [3.8, 4) is 22.3 Å². The standard InChI is InChI=1S/C30H23F3/c1-18-4-6-21(12-20(18)3)22-8-10-24-16-28-14-23(9-11-25(28)15-27(24)13-22)26-7-5-19(2)29(17-26)30(31,32)33/h4-17H,1-3H3. The fourth-order valence-electron chi connectivity index (χ4n) is 4.38. The van der Waals surface area contributed by atoms with Crippen LogP contribution >= 0.6 is 0 Å². The van der Waals surface area contributed by atoms with Crippen LogP contribution < -0.4 is 0 Å². The molecule has 5 aromatic carbocycles. The van der Waals surface area contributed by atoms with Gasteiger partial charge in [0.1, 0.15) is 0 Å². The first-order valence-electron chi connectivity index (χ1n) is 10.9. The van der Waals surface area contributed by atoms with E-state index in [1.54, 1.807) is 6.07 Å². The van der Waals surface area contributed by atoms with Gasteiger partial charge >= 0.3 is 6.18 Å². The Morgan fingerprint density at radius 2 is 0.879 bits per heavy atom. The fourth-order valence-corrected chi connectivity index (χ4v) is 4.38. The van der Waals surface area contributed by atoms with Gasteiger partial charge in [0.05, 0.1) is 5.56 Å². The molecule has 0 atom stereocenters. The van der Waals surface area contributed by atoms with Crippen molar-refractivity contribution in [3.05, 3.63) is 107 Å². The molecule has 5 rings (SSSR count). The van der Waals surface area contributed by atoms with Crippen LogP contribution in [-0.4, -0.2) is 0 Å². The topological polar surface area (TPSA) is 0 Å². The monoisotopic (exact) mass is 440 g/mol. The molecule has 0 bridgehead atoms. The highest BCUT2D eigenvalue weighted by molar-refractivity contribution is 6.01. The Hall–Kier alpha value is -3.59. The average Bonchev–Trinajstić information content (AvgIpc) is 2.78. The third-order valence-corrected chi connectivity index (χ3v) is 6.51. The summed E-state index contributed by atoms with van der Waals surface area (Å²) in [4.78, 5) is 0. The van der Waals surface area contributed by atoms with E-state index in [0.717, 1.165) is 27.1 Å². The van der Waals surface area contributed by atoms with Crippen LogP contribution in [0.25, 0.3) is 43.8 Å². The van der Waals surface area contributed by atoms with E-state index in [-0.39, 0.29) is 5.56 Å². The minimum absolute atomic E-state index is 0.234. The van der Waals surface area contributed by atoms with Crippen molar-refractivity contribution < 1.29 is 13.2 Å². The molecule has 0 aliphatic carbocycles. The minimum atomic E-state index is -4.36. The zero-order valence-electron chi connectivity index (χ0n) is 18.7. The summed E-state index contributed by atoms with van der Waals surface area (Å²) in [5.74, 6) is 0. The Morgan fingerprint density at radius 1 is 0.424 bits per heavy atom. The molecule has 0 saturated carbocycles. The van der Waals surface area contributed by atoms with E-state index in [2.05, 4.69) is 62.4 Å². The van der Waals surface area contributed by atoms with Gasteiger partial charge in [0, 0.05) is 0 Å². The van der Waals surface area contributed by atoms with E-state index in [4.69, 9.17) is 0 Å². The van der Waals surface area contributed by atoms with Crippen LogP contribution in [0.4, 0.5) is 13.2 Å². The summed E-state index contributed by atoms with van der Waals surface area (Å²) >= 11 is 0. The molecule has 33 heavy (non-hydrogen) atoms. The number of hydrogen-bond acceptors (Lipinski definition) is 0. The summed E-state index contributed by atoms with van der Waals surface area (Å²) < 4.78 is 40.1. The van der Waals surface area contributed by atoms with Crippen LogP contribution in [0.15, 0.2) is 84.9 Å². The zero-order chi connectivity index (χ0) is 23.3. The Balaban J connectivity index is 1.58. The summed E-state index contributed by atoms with van der Waals surface area (Å²) in [5, 5.41) is 4.31. The molecule has 0 radical (unpaired) electrons. The number of hydrogen-bond donors (Lipinski definition) is 0. The van der Waals surface area contributed by atoms with Gasteiger partial charge in [-0.05, 0) is 112 Å². The van der Waals surface area contributed by atoms with Gasteiger partial charge in [0.25, 0.3) is 0 Å². The number of rotatable bonds is 2. The molecule has 0 heterocycles. The Labute approximate surface area is 191 Å². The Kier molecular flexibility index (Phi) is 5.01. The van der Waals surface area contributed by atoms with E-state index < -0.39 is 11.7 Å². The third-order valence-electron chi connectivity index (χ3n) is 6.51. The maximum atomic E-state index is 13.4. The number of benzene rings is 5. The number of alkyl halides is 3. The molecular weight excluding hydrogens is 417 g/mol. The predicted octanol–water partition coefficient (Wildman–Crippen LogP) is 9.27. The van der Waals surface area contributed by atoms with Crippen LogP contribution in [0.1, 0.15) is 22.3 Å². The third kappa shape index (κ3) is 4.00.